The fourth-order valence-corrected chi connectivity index (χ4v) is 2.56. The van der Waals surface area contributed by atoms with Crippen molar-refractivity contribution in [1.82, 2.24) is 9.97 Å². The van der Waals surface area contributed by atoms with E-state index in [4.69, 9.17) is 5.73 Å². The van der Waals surface area contributed by atoms with Gasteiger partial charge in [-0.25, -0.2) is 4.98 Å². The number of aromatic nitrogens is 2. The molecule has 0 saturated heterocycles. The van der Waals surface area contributed by atoms with Crippen LogP contribution in [0.1, 0.15) is 16.2 Å². The van der Waals surface area contributed by atoms with Gasteiger partial charge in [0.05, 0.1) is 16.6 Å². The number of aryl methyl sites for hydroxylation is 1. The summed E-state index contributed by atoms with van der Waals surface area (Å²) in [5, 5.41) is 2.86. The van der Waals surface area contributed by atoms with Crippen LogP contribution < -0.4 is 11.1 Å². The van der Waals surface area contributed by atoms with Gasteiger partial charge in [-0.3, -0.25) is 4.79 Å². The summed E-state index contributed by atoms with van der Waals surface area (Å²) in [6.07, 6.45) is 0. The second kappa shape index (κ2) is 5.21. The summed E-state index contributed by atoms with van der Waals surface area (Å²) in [5.74, 6) is 0.622. The van der Waals surface area contributed by atoms with Crippen molar-refractivity contribution in [1.29, 1.82) is 0 Å². The number of hydrogen-bond acceptors (Lipinski definition) is 3. The van der Waals surface area contributed by atoms with Crippen LogP contribution >= 0.6 is 15.9 Å². The van der Waals surface area contributed by atoms with E-state index in [-0.39, 0.29) is 5.91 Å². The summed E-state index contributed by atoms with van der Waals surface area (Å²) < 4.78 is 0.702. The average molecular weight is 345 g/mol. The molecule has 3 aromatic rings. The first-order chi connectivity index (χ1) is 10.0. The van der Waals surface area contributed by atoms with Gasteiger partial charge in [-0.15, -0.1) is 0 Å². The zero-order valence-electron chi connectivity index (χ0n) is 11.3. The third kappa shape index (κ3) is 2.75. The van der Waals surface area contributed by atoms with E-state index in [1.165, 1.54) is 0 Å². The number of amides is 1. The van der Waals surface area contributed by atoms with E-state index >= 15 is 0 Å². The first kappa shape index (κ1) is 13.6. The van der Waals surface area contributed by atoms with Crippen molar-refractivity contribution in [3.05, 3.63) is 52.3 Å². The molecule has 0 aliphatic carbocycles. The van der Waals surface area contributed by atoms with Gasteiger partial charge in [0, 0.05) is 15.8 Å². The minimum Gasteiger partial charge on any atom is -0.399 e. The molecule has 0 radical (unpaired) electrons. The van der Waals surface area contributed by atoms with Gasteiger partial charge in [0.2, 0.25) is 0 Å². The number of nitrogens with one attached hydrogen (secondary N) is 2. The molecule has 0 saturated carbocycles. The highest BCUT2D eigenvalue weighted by molar-refractivity contribution is 9.10. The van der Waals surface area contributed by atoms with Gasteiger partial charge in [0.15, 0.2) is 0 Å². The van der Waals surface area contributed by atoms with E-state index in [1.807, 2.05) is 25.1 Å². The number of anilines is 2. The van der Waals surface area contributed by atoms with Crippen LogP contribution in [-0.2, 0) is 0 Å². The van der Waals surface area contributed by atoms with Gasteiger partial charge < -0.3 is 16.0 Å². The Morgan fingerprint density at radius 1 is 1.29 bits per heavy atom. The molecule has 0 bridgehead atoms. The van der Waals surface area contributed by atoms with Crippen LogP contribution in [0.2, 0.25) is 0 Å². The van der Waals surface area contributed by atoms with Crippen LogP contribution in [0.4, 0.5) is 11.4 Å². The van der Waals surface area contributed by atoms with Gasteiger partial charge in [-0.05, 0) is 59.3 Å². The Bertz CT molecular complexity index is 841. The van der Waals surface area contributed by atoms with Crippen LogP contribution in [0, 0.1) is 6.92 Å². The molecular formula is C15H13BrN4O. The maximum atomic E-state index is 12.3. The largest absolute Gasteiger partial charge is 0.399 e. The molecule has 0 spiro atoms. The predicted molar refractivity (Wildman–Crippen MR) is 87.3 cm³/mol. The van der Waals surface area contributed by atoms with E-state index in [2.05, 4.69) is 31.2 Å². The summed E-state index contributed by atoms with van der Waals surface area (Å²) in [7, 11) is 0. The first-order valence-electron chi connectivity index (χ1n) is 6.36. The van der Waals surface area contributed by atoms with Crippen LogP contribution in [0.25, 0.3) is 11.0 Å². The number of rotatable bonds is 2. The van der Waals surface area contributed by atoms with E-state index in [1.54, 1.807) is 18.2 Å². The van der Waals surface area contributed by atoms with Crippen molar-refractivity contribution >= 4 is 44.2 Å². The van der Waals surface area contributed by atoms with Crippen molar-refractivity contribution in [2.24, 2.45) is 0 Å². The molecule has 3 rings (SSSR count). The van der Waals surface area contributed by atoms with Gasteiger partial charge in [-0.2, -0.15) is 0 Å². The SMILES string of the molecule is Cc1nc2ccc(NC(=O)c3cc(N)ccc3Br)cc2[nH]1. The van der Waals surface area contributed by atoms with E-state index in [9.17, 15) is 4.79 Å². The van der Waals surface area contributed by atoms with E-state index in [0.29, 0.717) is 21.4 Å². The number of halogens is 1. The number of imidazole rings is 1. The predicted octanol–water partition coefficient (Wildman–Crippen LogP) is 3.47. The van der Waals surface area contributed by atoms with Crippen molar-refractivity contribution in [3.8, 4) is 0 Å². The fraction of sp³-hybridized carbons (Fsp3) is 0.0667. The Hall–Kier alpha value is -2.34. The van der Waals surface area contributed by atoms with Crippen LogP contribution in [0.5, 0.6) is 0 Å². The van der Waals surface area contributed by atoms with Gasteiger partial charge in [0.25, 0.3) is 5.91 Å². The molecule has 1 amide bonds. The van der Waals surface area contributed by atoms with Gasteiger partial charge >= 0.3 is 0 Å². The number of nitrogens with zero attached hydrogens (tertiary/aromatic N) is 1. The molecule has 0 aliphatic rings. The number of fused-ring (bicyclic) bond motifs is 1. The molecule has 1 heterocycles. The molecule has 0 fully saturated rings. The highest BCUT2D eigenvalue weighted by Gasteiger charge is 2.11. The Kier molecular flexibility index (Phi) is 3.39. The van der Waals surface area contributed by atoms with E-state index < -0.39 is 0 Å². The third-order valence-electron chi connectivity index (χ3n) is 3.09. The van der Waals surface area contributed by atoms with Crippen molar-refractivity contribution in [2.75, 3.05) is 11.1 Å². The molecule has 6 heteroatoms. The normalized spacial score (nSPS) is 10.8. The summed E-state index contributed by atoms with van der Waals surface area (Å²) in [5.41, 5.74) is 9.22. The highest BCUT2D eigenvalue weighted by atomic mass is 79.9. The molecule has 1 aromatic heterocycles. The maximum absolute atomic E-state index is 12.3. The second-order valence-electron chi connectivity index (χ2n) is 4.75. The lowest BCUT2D eigenvalue weighted by molar-refractivity contribution is 0.102. The summed E-state index contributed by atoms with van der Waals surface area (Å²) in [6.45, 7) is 1.89. The standard InChI is InChI=1S/C15H13BrN4O/c1-8-18-13-5-3-10(7-14(13)19-8)20-15(21)11-6-9(17)2-4-12(11)16/h2-7H,17H2,1H3,(H,18,19)(H,20,21). The number of H-pyrrole nitrogens is 1. The van der Waals surface area contributed by atoms with Crippen LogP contribution in [-0.4, -0.2) is 15.9 Å². The van der Waals surface area contributed by atoms with Gasteiger partial charge in [0.1, 0.15) is 5.82 Å². The number of benzene rings is 2. The Morgan fingerprint density at radius 3 is 2.90 bits per heavy atom. The van der Waals surface area contributed by atoms with E-state index in [0.717, 1.165) is 16.9 Å². The minimum atomic E-state index is -0.218. The van der Waals surface area contributed by atoms with Crippen LogP contribution in [0.3, 0.4) is 0 Å². The zero-order chi connectivity index (χ0) is 15.0. The zero-order valence-corrected chi connectivity index (χ0v) is 12.9. The number of nitrogens with two attached hydrogens (primary N) is 1. The molecule has 21 heavy (non-hydrogen) atoms. The lowest BCUT2D eigenvalue weighted by Gasteiger charge is -2.07. The van der Waals surface area contributed by atoms with Crippen molar-refractivity contribution in [3.63, 3.8) is 0 Å². The van der Waals surface area contributed by atoms with Gasteiger partial charge in [-0.1, -0.05) is 0 Å². The molecule has 0 atom stereocenters. The molecule has 0 aliphatic heterocycles. The number of hydrogen-bond donors (Lipinski definition) is 3. The average Bonchev–Trinajstić information content (AvgIpc) is 2.80. The second-order valence-corrected chi connectivity index (χ2v) is 5.60. The van der Waals surface area contributed by atoms with Crippen molar-refractivity contribution < 1.29 is 4.79 Å². The third-order valence-corrected chi connectivity index (χ3v) is 3.78. The molecule has 106 valence electrons. The number of carbonyl (C=O) groups is 1. The topological polar surface area (TPSA) is 83.8 Å². The minimum absolute atomic E-state index is 0.218. The smallest absolute Gasteiger partial charge is 0.256 e. The van der Waals surface area contributed by atoms with Crippen molar-refractivity contribution in [2.45, 2.75) is 6.92 Å². The molecule has 4 N–H and O–H groups in total. The lowest BCUT2D eigenvalue weighted by Crippen LogP contribution is -2.12. The Labute approximate surface area is 129 Å². The summed E-state index contributed by atoms with van der Waals surface area (Å²) >= 11 is 3.35. The first-order valence-corrected chi connectivity index (χ1v) is 7.15. The van der Waals surface area contributed by atoms with Crippen LogP contribution in [0.15, 0.2) is 40.9 Å². The molecule has 0 unspecified atom stereocenters. The highest BCUT2D eigenvalue weighted by Crippen LogP contribution is 2.22. The summed E-state index contributed by atoms with van der Waals surface area (Å²) in [6, 6.07) is 10.7. The number of nitrogen functional groups attached to an aromatic ring is 1. The number of carbonyl (C=O) groups excluding carboxylic acids is 1. The molecular weight excluding hydrogens is 332 g/mol. The lowest BCUT2D eigenvalue weighted by atomic mass is 10.2. The summed E-state index contributed by atoms with van der Waals surface area (Å²) in [4.78, 5) is 19.8. The maximum Gasteiger partial charge on any atom is 0.256 e. The molecule has 2 aromatic carbocycles. The monoisotopic (exact) mass is 344 g/mol. The molecule has 5 nitrogen and oxygen atoms in total. The quantitative estimate of drug-likeness (QED) is 0.622. The Morgan fingerprint density at radius 2 is 2.10 bits per heavy atom. The Balaban J connectivity index is 1.90. The number of aromatic amines is 1. The fourth-order valence-electron chi connectivity index (χ4n) is 2.13.